The van der Waals surface area contributed by atoms with Gasteiger partial charge in [-0.2, -0.15) is 8.78 Å². The molecule has 26 heavy (non-hydrogen) atoms. The Morgan fingerprint density at radius 3 is 2.85 bits per heavy atom. The van der Waals surface area contributed by atoms with Gasteiger partial charge < -0.3 is 15.4 Å². The third kappa shape index (κ3) is 6.12. The molecule has 7 heteroatoms. The number of likely N-dealkylation sites (N-methyl/N-ethyl adjacent to an activating group) is 1. The van der Waals surface area contributed by atoms with Gasteiger partial charge in [-0.15, -0.1) is 0 Å². The van der Waals surface area contributed by atoms with Crippen molar-refractivity contribution in [3.63, 3.8) is 0 Å². The third-order valence-corrected chi connectivity index (χ3v) is 4.59. The number of hydrogen-bond donors (Lipinski definition) is 2. The Kier molecular flexibility index (Phi) is 8.09. The summed E-state index contributed by atoms with van der Waals surface area (Å²) in [5.74, 6) is 0.873. The lowest BCUT2D eigenvalue weighted by molar-refractivity contribution is -0.0504. The summed E-state index contributed by atoms with van der Waals surface area (Å²) in [6.45, 7) is 7.31. The van der Waals surface area contributed by atoms with Crippen molar-refractivity contribution in [3.8, 4) is 5.75 Å². The molecular formula is C19H30F2N4O. The third-order valence-electron chi connectivity index (χ3n) is 4.59. The molecule has 0 spiro atoms. The Bertz CT molecular complexity index is 595. The zero-order valence-electron chi connectivity index (χ0n) is 15.9. The number of aryl methyl sites for hydroxylation is 1. The van der Waals surface area contributed by atoms with E-state index in [1.807, 2.05) is 19.9 Å². The molecule has 0 aliphatic carbocycles. The fourth-order valence-electron chi connectivity index (χ4n) is 3.31. The normalized spacial score (nSPS) is 18.4. The Morgan fingerprint density at radius 2 is 2.15 bits per heavy atom. The van der Waals surface area contributed by atoms with Crippen molar-refractivity contribution < 1.29 is 13.5 Å². The molecule has 0 bridgehead atoms. The number of alkyl halides is 2. The molecule has 1 unspecified atom stereocenters. The van der Waals surface area contributed by atoms with Gasteiger partial charge in [-0.25, -0.2) is 4.99 Å². The number of benzene rings is 1. The zero-order chi connectivity index (χ0) is 18.9. The second-order valence-corrected chi connectivity index (χ2v) is 6.49. The van der Waals surface area contributed by atoms with Crippen molar-refractivity contribution in [2.75, 3.05) is 26.2 Å². The van der Waals surface area contributed by atoms with Gasteiger partial charge in [0.25, 0.3) is 0 Å². The number of rotatable bonds is 8. The minimum Gasteiger partial charge on any atom is -0.434 e. The minimum atomic E-state index is -2.84. The summed E-state index contributed by atoms with van der Waals surface area (Å²) in [7, 11) is 0. The SMILES string of the molecule is CCNC(=NCc1cc(C)ccc1OC(F)F)NCC1CCCN1CC. The molecular weight excluding hydrogens is 338 g/mol. The minimum absolute atomic E-state index is 0.179. The summed E-state index contributed by atoms with van der Waals surface area (Å²) in [6.07, 6.45) is 2.41. The van der Waals surface area contributed by atoms with Gasteiger partial charge in [-0.1, -0.05) is 24.6 Å². The highest BCUT2D eigenvalue weighted by Gasteiger charge is 2.22. The van der Waals surface area contributed by atoms with Crippen molar-refractivity contribution in [2.45, 2.75) is 52.8 Å². The monoisotopic (exact) mass is 368 g/mol. The van der Waals surface area contributed by atoms with Crippen LogP contribution in [0.2, 0.25) is 0 Å². The van der Waals surface area contributed by atoms with Crippen molar-refractivity contribution in [3.05, 3.63) is 29.3 Å². The maximum atomic E-state index is 12.6. The van der Waals surface area contributed by atoms with E-state index in [4.69, 9.17) is 0 Å². The number of nitrogens with zero attached hydrogens (tertiary/aromatic N) is 2. The van der Waals surface area contributed by atoms with Crippen LogP contribution in [0.5, 0.6) is 5.75 Å². The second kappa shape index (κ2) is 10.3. The van der Waals surface area contributed by atoms with Crippen LogP contribution in [-0.2, 0) is 6.54 Å². The summed E-state index contributed by atoms with van der Waals surface area (Å²) >= 11 is 0. The Labute approximate surface area is 154 Å². The van der Waals surface area contributed by atoms with Crippen LogP contribution in [0, 0.1) is 6.92 Å². The summed E-state index contributed by atoms with van der Waals surface area (Å²) in [6, 6.07) is 5.68. The predicted molar refractivity (Wildman–Crippen MR) is 101 cm³/mol. The average Bonchev–Trinajstić information content (AvgIpc) is 3.06. The topological polar surface area (TPSA) is 48.9 Å². The van der Waals surface area contributed by atoms with Gasteiger partial charge in [0.1, 0.15) is 5.75 Å². The van der Waals surface area contributed by atoms with Gasteiger partial charge in [0.2, 0.25) is 0 Å². The molecule has 1 saturated heterocycles. The number of ether oxygens (including phenoxy) is 1. The molecule has 146 valence electrons. The number of halogens is 2. The van der Waals surface area contributed by atoms with Crippen LogP contribution in [0.3, 0.4) is 0 Å². The Morgan fingerprint density at radius 1 is 1.35 bits per heavy atom. The quantitative estimate of drug-likeness (QED) is 0.547. The first-order valence-corrected chi connectivity index (χ1v) is 9.34. The van der Waals surface area contributed by atoms with Gasteiger partial charge in [-0.3, -0.25) is 4.90 Å². The molecule has 5 nitrogen and oxygen atoms in total. The van der Waals surface area contributed by atoms with E-state index in [2.05, 4.69) is 32.2 Å². The lowest BCUT2D eigenvalue weighted by atomic mass is 10.1. The molecule has 0 amide bonds. The predicted octanol–water partition coefficient (Wildman–Crippen LogP) is 3.14. The first kappa shape index (κ1) is 20.4. The molecule has 0 radical (unpaired) electrons. The van der Waals surface area contributed by atoms with Gasteiger partial charge in [-0.05, 0) is 45.8 Å². The summed E-state index contributed by atoms with van der Waals surface area (Å²) < 4.78 is 29.8. The number of aliphatic imine (C=N–C) groups is 1. The molecule has 1 aliphatic rings. The van der Waals surface area contributed by atoms with Crippen molar-refractivity contribution in [2.24, 2.45) is 4.99 Å². The fourth-order valence-corrected chi connectivity index (χ4v) is 3.31. The first-order valence-electron chi connectivity index (χ1n) is 9.34. The number of nitrogens with one attached hydrogen (secondary N) is 2. The molecule has 2 rings (SSSR count). The van der Waals surface area contributed by atoms with Crippen LogP contribution >= 0.6 is 0 Å². The molecule has 2 N–H and O–H groups in total. The van der Waals surface area contributed by atoms with E-state index in [0.29, 0.717) is 17.6 Å². The first-order chi connectivity index (χ1) is 12.5. The van der Waals surface area contributed by atoms with Crippen molar-refractivity contribution >= 4 is 5.96 Å². The van der Waals surface area contributed by atoms with Gasteiger partial charge >= 0.3 is 6.61 Å². The van der Waals surface area contributed by atoms with Crippen LogP contribution in [0.1, 0.15) is 37.8 Å². The second-order valence-electron chi connectivity index (χ2n) is 6.49. The molecule has 1 aromatic rings. The number of guanidine groups is 1. The van der Waals surface area contributed by atoms with Crippen molar-refractivity contribution in [1.29, 1.82) is 0 Å². The van der Waals surface area contributed by atoms with E-state index in [1.54, 1.807) is 12.1 Å². The highest BCUT2D eigenvalue weighted by Crippen LogP contribution is 2.23. The number of hydrogen-bond acceptors (Lipinski definition) is 3. The molecule has 0 aromatic heterocycles. The van der Waals surface area contributed by atoms with Crippen LogP contribution < -0.4 is 15.4 Å². The molecule has 1 atom stereocenters. The average molecular weight is 368 g/mol. The maximum Gasteiger partial charge on any atom is 0.387 e. The van der Waals surface area contributed by atoms with E-state index < -0.39 is 6.61 Å². The van der Waals surface area contributed by atoms with Gasteiger partial charge in [0.05, 0.1) is 6.54 Å². The van der Waals surface area contributed by atoms with Gasteiger partial charge in [0, 0.05) is 24.7 Å². The van der Waals surface area contributed by atoms with Crippen LogP contribution in [0.25, 0.3) is 0 Å². The van der Waals surface area contributed by atoms with Crippen LogP contribution in [0.15, 0.2) is 23.2 Å². The molecule has 1 aliphatic heterocycles. The van der Waals surface area contributed by atoms with E-state index in [1.165, 1.54) is 12.8 Å². The summed E-state index contributed by atoms with van der Waals surface area (Å²) in [5, 5.41) is 6.60. The number of likely N-dealkylation sites (tertiary alicyclic amines) is 1. The fraction of sp³-hybridized carbons (Fsp3) is 0.632. The van der Waals surface area contributed by atoms with E-state index in [0.717, 1.165) is 31.7 Å². The zero-order valence-corrected chi connectivity index (χ0v) is 15.9. The van der Waals surface area contributed by atoms with E-state index >= 15 is 0 Å². The smallest absolute Gasteiger partial charge is 0.387 e. The van der Waals surface area contributed by atoms with Crippen LogP contribution in [-0.4, -0.2) is 49.7 Å². The summed E-state index contributed by atoms with van der Waals surface area (Å²) in [5.41, 5.74) is 1.64. The Hall–Kier alpha value is -1.89. The molecule has 1 aromatic carbocycles. The summed E-state index contributed by atoms with van der Waals surface area (Å²) in [4.78, 5) is 7.02. The Balaban J connectivity index is 2.03. The highest BCUT2D eigenvalue weighted by molar-refractivity contribution is 5.79. The van der Waals surface area contributed by atoms with Crippen molar-refractivity contribution in [1.82, 2.24) is 15.5 Å². The van der Waals surface area contributed by atoms with Gasteiger partial charge in [0.15, 0.2) is 5.96 Å². The molecule has 0 saturated carbocycles. The standard InChI is InChI=1S/C19H30F2N4O/c1-4-22-19(24-13-16-7-6-10-25(16)5-2)23-12-15-11-14(3)8-9-17(15)26-18(20)21/h8-9,11,16,18H,4-7,10,12-13H2,1-3H3,(H2,22,23,24). The maximum absolute atomic E-state index is 12.6. The molecule has 1 fully saturated rings. The highest BCUT2D eigenvalue weighted by atomic mass is 19.3. The van der Waals surface area contributed by atoms with E-state index in [9.17, 15) is 8.78 Å². The largest absolute Gasteiger partial charge is 0.434 e. The lowest BCUT2D eigenvalue weighted by Crippen LogP contribution is -2.44. The van der Waals surface area contributed by atoms with E-state index in [-0.39, 0.29) is 12.3 Å². The van der Waals surface area contributed by atoms with Crippen LogP contribution in [0.4, 0.5) is 8.78 Å². The molecule has 1 heterocycles. The lowest BCUT2D eigenvalue weighted by Gasteiger charge is -2.24.